The zero-order valence-corrected chi connectivity index (χ0v) is 25.0. The molecule has 0 aliphatic carbocycles. The van der Waals surface area contributed by atoms with Crippen molar-refractivity contribution in [3.8, 4) is 0 Å². The topological polar surface area (TPSA) is 207 Å². The lowest BCUT2D eigenvalue weighted by atomic mass is 9.97. The van der Waals surface area contributed by atoms with Crippen LogP contribution in [0.15, 0.2) is 60.7 Å². The molecule has 13 nitrogen and oxygen atoms in total. The van der Waals surface area contributed by atoms with Crippen LogP contribution in [-0.2, 0) is 36.8 Å². The number of amides is 4. The Morgan fingerprint density at radius 2 is 1.56 bits per heavy atom. The highest BCUT2D eigenvalue weighted by Gasteiger charge is 2.46. The van der Waals surface area contributed by atoms with E-state index in [0.29, 0.717) is 32.1 Å². The Morgan fingerprint density at radius 3 is 2.20 bits per heavy atom. The summed E-state index contributed by atoms with van der Waals surface area (Å²) in [7, 11) is 0. The standard InChI is InChI=1S/C32H41N7O6/c33-32(34)35-17-7-12-23(28(41)38-25(31(44)45)18-20-8-3-1-4-9-20)37-29(42)26-16-14-22-13-15-24(30(43)39(22)26)36-27(40)19-21-10-5-2-6-11-21/h1-6,8-11,22-26H,7,12-19H2,(H,36,40)(H,37,42)(H,38,41)(H,44,45)(H4,33,34,35)/t22?,23?,24?,25-,26+/m1/s1. The molecule has 0 aromatic heterocycles. The molecule has 5 atom stereocenters. The Hall–Kier alpha value is -4.94. The Labute approximate surface area is 261 Å². The van der Waals surface area contributed by atoms with Crippen LogP contribution in [0.25, 0.3) is 0 Å². The van der Waals surface area contributed by atoms with Crippen LogP contribution in [0, 0.1) is 5.41 Å². The molecule has 4 rings (SSSR count). The smallest absolute Gasteiger partial charge is 0.326 e. The lowest BCUT2D eigenvalue weighted by molar-refractivity contribution is -0.147. The van der Waals surface area contributed by atoms with Crippen LogP contribution in [0.1, 0.15) is 49.7 Å². The van der Waals surface area contributed by atoms with E-state index in [1.54, 1.807) is 30.3 Å². The molecule has 2 saturated heterocycles. The maximum Gasteiger partial charge on any atom is 0.326 e. The first-order valence-corrected chi connectivity index (χ1v) is 15.2. The molecule has 2 heterocycles. The van der Waals surface area contributed by atoms with E-state index in [1.807, 2.05) is 30.3 Å². The van der Waals surface area contributed by atoms with E-state index >= 15 is 0 Å². The summed E-state index contributed by atoms with van der Waals surface area (Å²) in [5.74, 6) is -3.24. The number of aliphatic carboxylic acids is 1. The van der Waals surface area contributed by atoms with Crippen LogP contribution in [0.3, 0.4) is 0 Å². The number of carbonyl (C=O) groups is 5. The third-order valence-electron chi connectivity index (χ3n) is 8.20. The number of nitrogens with zero attached hydrogens (tertiary/aromatic N) is 1. The molecule has 8 N–H and O–H groups in total. The van der Waals surface area contributed by atoms with E-state index in [4.69, 9.17) is 11.1 Å². The van der Waals surface area contributed by atoms with Gasteiger partial charge in [0, 0.05) is 19.0 Å². The van der Waals surface area contributed by atoms with Gasteiger partial charge in [-0.15, -0.1) is 0 Å². The number of nitrogens with two attached hydrogens (primary N) is 1. The zero-order valence-electron chi connectivity index (χ0n) is 25.0. The Balaban J connectivity index is 1.42. The van der Waals surface area contributed by atoms with Gasteiger partial charge >= 0.3 is 5.97 Å². The molecule has 0 bridgehead atoms. The van der Waals surface area contributed by atoms with Crippen molar-refractivity contribution < 1.29 is 29.1 Å². The highest BCUT2D eigenvalue weighted by molar-refractivity contribution is 5.96. The molecule has 2 aliphatic rings. The summed E-state index contributed by atoms with van der Waals surface area (Å²) in [5, 5.41) is 27.9. The minimum Gasteiger partial charge on any atom is -0.480 e. The molecule has 2 aliphatic heterocycles. The van der Waals surface area contributed by atoms with Crippen molar-refractivity contribution in [2.45, 2.75) is 81.6 Å². The lowest BCUT2D eigenvalue weighted by Crippen LogP contribution is -2.60. The minimum atomic E-state index is -1.23. The first-order valence-electron chi connectivity index (χ1n) is 15.2. The predicted molar refractivity (Wildman–Crippen MR) is 166 cm³/mol. The molecule has 2 aromatic carbocycles. The Morgan fingerprint density at radius 1 is 0.911 bits per heavy atom. The third kappa shape index (κ3) is 9.27. The van der Waals surface area contributed by atoms with Crippen LogP contribution >= 0.6 is 0 Å². The largest absolute Gasteiger partial charge is 0.480 e. The minimum absolute atomic E-state index is 0.0540. The fraction of sp³-hybridized carbons (Fsp3) is 0.438. The highest BCUT2D eigenvalue weighted by atomic mass is 16.4. The Kier molecular flexibility index (Phi) is 11.5. The molecule has 0 radical (unpaired) electrons. The maximum absolute atomic E-state index is 13.6. The van der Waals surface area contributed by atoms with Crippen molar-refractivity contribution in [3.63, 3.8) is 0 Å². The molecular formula is C32H41N7O6. The SMILES string of the molecule is N=C(N)NCCCC(NC(=O)[C@@H]1CCC2CCC(NC(=O)Cc3ccccc3)C(=O)N21)C(=O)N[C@H](Cc1ccccc1)C(=O)O. The van der Waals surface area contributed by atoms with Gasteiger partial charge in [-0.2, -0.15) is 0 Å². The lowest BCUT2D eigenvalue weighted by Gasteiger charge is -2.38. The van der Waals surface area contributed by atoms with Crippen molar-refractivity contribution in [1.82, 2.24) is 26.2 Å². The van der Waals surface area contributed by atoms with E-state index in [1.165, 1.54) is 4.90 Å². The Bertz CT molecular complexity index is 1370. The zero-order chi connectivity index (χ0) is 32.3. The summed E-state index contributed by atoms with van der Waals surface area (Å²) < 4.78 is 0. The van der Waals surface area contributed by atoms with Crippen LogP contribution in [0.5, 0.6) is 0 Å². The van der Waals surface area contributed by atoms with E-state index in [9.17, 15) is 29.1 Å². The predicted octanol–water partition coefficient (Wildman–Crippen LogP) is 0.427. The second kappa shape index (κ2) is 15.7. The van der Waals surface area contributed by atoms with Gasteiger partial charge in [-0.05, 0) is 49.7 Å². The van der Waals surface area contributed by atoms with Gasteiger partial charge in [0.05, 0.1) is 6.42 Å². The maximum atomic E-state index is 13.6. The van der Waals surface area contributed by atoms with Gasteiger partial charge in [0.25, 0.3) is 0 Å². The normalized spacial score (nSPS) is 20.3. The summed E-state index contributed by atoms with van der Waals surface area (Å²) in [5.41, 5.74) is 6.90. The number of carboxylic acids is 1. The van der Waals surface area contributed by atoms with Gasteiger partial charge in [0.15, 0.2) is 5.96 Å². The van der Waals surface area contributed by atoms with Gasteiger partial charge < -0.3 is 37.0 Å². The van der Waals surface area contributed by atoms with Crippen molar-refractivity contribution in [3.05, 3.63) is 71.8 Å². The van der Waals surface area contributed by atoms with E-state index in [0.717, 1.165) is 11.1 Å². The monoisotopic (exact) mass is 619 g/mol. The van der Waals surface area contributed by atoms with Gasteiger partial charge in [-0.1, -0.05) is 60.7 Å². The average Bonchev–Trinajstić information content (AvgIpc) is 3.45. The highest BCUT2D eigenvalue weighted by Crippen LogP contribution is 2.33. The summed E-state index contributed by atoms with van der Waals surface area (Å²) in [6, 6.07) is 14.0. The fourth-order valence-corrected chi connectivity index (χ4v) is 5.97. The van der Waals surface area contributed by atoms with E-state index < -0.39 is 42.0 Å². The second-order valence-corrected chi connectivity index (χ2v) is 11.5. The van der Waals surface area contributed by atoms with Crippen LogP contribution in [0.2, 0.25) is 0 Å². The van der Waals surface area contributed by atoms with E-state index in [2.05, 4.69) is 21.3 Å². The molecule has 13 heteroatoms. The fourth-order valence-electron chi connectivity index (χ4n) is 5.97. The van der Waals surface area contributed by atoms with Gasteiger partial charge in [0.1, 0.15) is 24.2 Å². The molecule has 0 saturated carbocycles. The van der Waals surface area contributed by atoms with Crippen LogP contribution in [-0.4, -0.2) is 82.3 Å². The number of benzene rings is 2. The number of rotatable bonds is 14. The molecule has 2 aromatic rings. The van der Waals surface area contributed by atoms with Crippen molar-refractivity contribution in [2.75, 3.05) is 6.54 Å². The molecule has 0 spiro atoms. The van der Waals surface area contributed by atoms with Crippen LogP contribution in [0.4, 0.5) is 0 Å². The number of piperidine rings is 1. The number of nitrogens with one attached hydrogen (secondary N) is 5. The molecule has 240 valence electrons. The van der Waals surface area contributed by atoms with Crippen LogP contribution < -0.4 is 27.0 Å². The number of hydrogen-bond acceptors (Lipinski definition) is 6. The first kappa shape index (κ1) is 33.0. The molecule has 3 unspecified atom stereocenters. The quantitative estimate of drug-likeness (QED) is 0.0894. The number of carbonyl (C=O) groups excluding carboxylic acids is 4. The number of hydrogen-bond donors (Lipinski definition) is 7. The number of fused-ring (bicyclic) bond motifs is 1. The average molecular weight is 620 g/mol. The summed E-state index contributed by atoms with van der Waals surface area (Å²) in [6.07, 6.45) is 2.79. The van der Waals surface area contributed by atoms with Gasteiger partial charge in [-0.25, -0.2) is 4.79 Å². The van der Waals surface area contributed by atoms with Crippen molar-refractivity contribution in [2.24, 2.45) is 5.73 Å². The van der Waals surface area contributed by atoms with Gasteiger partial charge in [-0.3, -0.25) is 24.6 Å². The van der Waals surface area contributed by atoms with E-state index in [-0.39, 0.29) is 49.6 Å². The van der Waals surface area contributed by atoms with Gasteiger partial charge in [0.2, 0.25) is 23.6 Å². The molecular weight excluding hydrogens is 578 g/mol. The molecule has 4 amide bonds. The molecule has 2 fully saturated rings. The summed E-state index contributed by atoms with van der Waals surface area (Å²) in [4.78, 5) is 66.8. The summed E-state index contributed by atoms with van der Waals surface area (Å²) in [6.45, 7) is 0.266. The van der Waals surface area contributed by atoms with Crippen molar-refractivity contribution >= 4 is 35.6 Å². The summed E-state index contributed by atoms with van der Waals surface area (Å²) >= 11 is 0. The number of guanidine groups is 1. The number of carboxylic acid groups (broad SMARTS) is 1. The van der Waals surface area contributed by atoms with Crippen molar-refractivity contribution in [1.29, 1.82) is 5.41 Å². The second-order valence-electron chi connectivity index (χ2n) is 11.5. The molecule has 45 heavy (non-hydrogen) atoms. The third-order valence-corrected chi connectivity index (χ3v) is 8.20. The first-order chi connectivity index (χ1) is 21.6.